The van der Waals surface area contributed by atoms with Crippen LogP contribution in [0.25, 0.3) is 0 Å². The van der Waals surface area contributed by atoms with E-state index in [2.05, 4.69) is 22.5 Å². The van der Waals surface area contributed by atoms with E-state index in [9.17, 15) is 4.79 Å². The van der Waals surface area contributed by atoms with Crippen molar-refractivity contribution >= 4 is 11.6 Å². The molecular weight excluding hydrogens is 214 g/mol. The summed E-state index contributed by atoms with van der Waals surface area (Å²) in [5.41, 5.74) is 1.65. The summed E-state index contributed by atoms with van der Waals surface area (Å²) in [7, 11) is 0. The quantitative estimate of drug-likeness (QED) is 0.817. The average Bonchev–Trinajstić information content (AvgIpc) is 2.32. The topological polar surface area (TPSA) is 54.0 Å². The van der Waals surface area contributed by atoms with Crippen molar-refractivity contribution in [2.24, 2.45) is 5.92 Å². The second-order valence-electron chi connectivity index (χ2n) is 4.76. The largest absolute Gasteiger partial charge is 0.323 e. The van der Waals surface area contributed by atoms with Crippen molar-refractivity contribution in [2.45, 2.75) is 32.7 Å². The molecule has 4 heteroatoms. The standard InChI is InChI=1S/C13H19N3O/c1-9-5-7-15-12(8-9)13(17)16-11-4-3-6-14-10(11)2/h3-4,6,9,12,15H,5,7-8H2,1-2H3,(H,16,17). The SMILES string of the molecule is Cc1ncccc1NC(=O)C1CC(C)CCN1. The number of piperidine rings is 1. The second kappa shape index (κ2) is 5.27. The molecule has 1 aliphatic rings. The fourth-order valence-electron chi connectivity index (χ4n) is 2.14. The van der Waals surface area contributed by atoms with Gasteiger partial charge in [0.15, 0.2) is 0 Å². The molecule has 92 valence electrons. The molecule has 0 bridgehead atoms. The molecule has 1 fully saturated rings. The van der Waals surface area contributed by atoms with Gasteiger partial charge in [0.05, 0.1) is 17.4 Å². The van der Waals surface area contributed by atoms with Gasteiger partial charge in [0.25, 0.3) is 0 Å². The van der Waals surface area contributed by atoms with Crippen LogP contribution in [0.15, 0.2) is 18.3 Å². The Bertz CT molecular complexity index is 405. The van der Waals surface area contributed by atoms with Gasteiger partial charge < -0.3 is 10.6 Å². The molecule has 1 aromatic rings. The van der Waals surface area contributed by atoms with E-state index in [1.165, 1.54) is 0 Å². The number of nitrogens with one attached hydrogen (secondary N) is 2. The Balaban J connectivity index is 1.99. The molecule has 2 unspecified atom stereocenters. The third-order valence-corrected chi connectivity index (χ3v) is 3.25. The number of anilines is 1. The van der Waals surface area contributed by atoms with Gasteiger partial charge in [-0.2, -0.15) is 0 Å². The Morgan fingerprint density at radius 2 is 2.41 bits per heavy atom. The normalized spacial score (nSPS) is 24.4. The Labute approximate surface area is 102 Å². The lowest BCUT2D eigenvalue weighted by atomic mass is 9.94. The predicted molar refractivity (Wildman–Crippen MR) is 67.8 cm³/mol. The minimum absolute atomic E-state index is 0.0488. The first kappa shape index (κ1) is 12.0. The maximum absolute atomic E-state index is 12.1. The van der Waals surface area contributed by atoms with Crippen LogP contribution in [-0.2, 0) is 4.79 Å². The number of hydrogen-bond acceptors (Lipinski definition) is 3. The summed E-state index contributed by atoms with van der Waals surface area (Å²) in [6.07, 6.45) is 3.78. The highest BCUT2D eigenvalue weighted by molar-refractivity contribution is 5.95. The van der Waals surface area contributed by atoms with Gasteiger partial charge in [0.1, 0.15) is 0 Å². The highest BCUT2D eigenvalue weighted by Gasteiger charge is 2.24. The molecule has 0 aliphatic carbocycles. The van der Waals surface area contributed by atoms with E-state index in [1.807, 2.05) is 19.1 Å². The van der Waals surface area contributed by atoms with Gasteiger partial charge in [-0.15, -0.1) is 0 Å². The first-order valence-electron chi connectivity index (χ1n) is 6.12. The van der Waals surface area contributed by atoms with E-state index in [0.29, 0.717) is 5.92 Å². The number of carbonyl (C=O) groups is 1. The summed E-state index contributed by atoms with van der Waals surface area (Å²) in [6.45, 7) is 5.01. The molecule has 2 rings (SSSR count). The van der Waals surface area contributed by atoms with Crippen LogP contribution in [0.1, 0.15) is 25.5 Å². The summed E-state index contributed by atoms with van der Waals surface area (Å²) in [6, 6.07) is 3.64. The maximum Gasteiger partial charge on any atom is 0.241 e. The van der Waals surface area contributed by atoms with Crippen LogP contribution in [0.2, 0.25) is 0 Å². The van der Waals surface area contributed by atoms with Gasteiger partial charge in [-0.3, -0.25) is 9.78 Å². The number of hydrogen-bond donors (Lipinski definition) is 2. The first-order valence-corrected chi connectivity index (χ1v) is 6.12. The van der Waals surface area contributed by atoms with Crippen LogP contribution in [0.3, 0.4) is 0 Å². The Hall–Kier alpha value is -1.42. The number of pyridine rings is 1. The Kier molecular flexibility index (Phi) is 3.74. The molecule has 0 saturated carbocycles. The molecule has 2 heterocycles. The summed E-state index contributed by atoms with van der Waals surface area (Å²) >= 11 is 0. The molecule has 1 saturated heterocycles. The molecule has 0 aromatic carbocycles. The van der Waals surface area contributed by atoms with Gasteiger partial charge in [0, 0.05) is 6.20 Å². The van der Waals surface area contributed by atoms with Crippen molar-refractivity contribution in [2.75, 3.05) is 11.9 Å². The minimum Gasteiger partial charge on any atom is -0.323 e. The van der Waals surface area contributed by atoms with Crippen molar-refractivity contribution in [3.63, 3.8) is 0 Å². The van der Waals surface area contributed by atoms with E-state index in [-0.39, 0.29) is 11.9 Å². The average molecular weight is 233 g/mol. The smallest absolute Gasteiger partial charge is 0.241 e. The lowest BCUT2D eigenvalue weighted by Crippen LogP contribution is -2.45. The van der Waals surface area contributed by atoms with Crippen molar-refractivity contribution in [1.29, 1.82) is 0 Å². The summed E-state index contributed by atoms with van der Waals surface area (Å²) in [4.78, 5) is 16.2. The monoisotopic (exact) mass is 233 g/mol. The summed E-state index contributed by atoms with van der Waals surface area (Å²) in [5.74, 6) is 0.662. The lowest BCUT2D eigenvalue weighted by molar-refractivity contribution is -0.119. The van der Waals surface area contributed by atoms with Crippen molar-refractivity contribution < 1.29 is 4.79 Å². The number of rotatable bonds is 2. The number of aromatic nitrogens is 1. The van der Waals surface area contributed by atoms with Crippen LogP contribution < -0.4 is 10.6 Å². The van der Waals surface area contributed by atoms with Crippen molar-refractivity contribution in [3.05, 3.63) is 24.0 Å². The van der Waals surface area contributed by atoms with Gasteiger partial charge >= 0.3 is 0 Å². The van der Waals surface area contributed by atoms with Gasteiger partial charge in [0.2, 0.25) is 5.91 Å². The fourth-order valence-corrected chi connectivity index (χ4v) is 2.14. The van der Waals surface area contributed by atoms with E-state index < -0.39 is 0 Å². The summed E-state index contributed by atoms with van der Waals surface area (Å²) in [5, 5.41) is 6.19. The number of amides is 1. The Morgan fingerprint density at radius 3 is 3.12 bits per heavy atom. The van der Waals surface area contributed by atoms with E-state index in [1.54, 1.807) is 6.20 Å². The van der Waals surface area contributed by atoms with Crippen LogP contribution >= 0.6 is 0 Å². The van der Waals surface area contributed by atoms with E-state index in [0.717, 1.165) is 30.8 Å². The predicted octanol–water partition coefficient (Wildman–Crippen LogP) is 1.72. The van der Waals surface area contributed by atoms with Crippen LogP contribution in [0.5, 0.6) is 0 Å². The van der Waals surface area contributed by atoms with Crippen LogP contribution in [0, 0.1) is 12.8 Å². The number of aryl methyl sites for hydroxylation is 1. The van der Waals surface area contributed by atoms with Crippen molar-refractivity contribution in [3.8, 4) is 0 Å². The molecule has 1 amide bonds. The molecule has 0 spiro atoms. The number of carbonyl (C=O) groups excluding carboxylic acids is 1. The van der Waals surface area contributed by atoms with Gasteiger partial charge in [-0.1, -0.05) is 6.92 Å². The fraction of sp³-hybridized carbons (Fsp3) is 0.538. The van der Waals surface area contributed by atoms with Crippen LogP contribution in [-0.4, -0.2) is 23.5 Å². The minimum atomic E-state index is -0.0710. The molecule has 1 aliphatic heterocycles. The summed E-state index contributed by atoms with van der Waals surface area (Å²) < 4.78 is 0. The molecular formula is C13H19N3O. The molecule has 17 heavy (non-hydrogen) atoms. The van der Waals surface area contributed by atoms with Gasteiger partial charge in [-0.25, -0.2) is 0 Å². The molecule has 2 N–H and O–H groups in total. The van der Waals surface area contributed by atoms with Crippen LogP contribution in [0.4, 0.5) is 5.69 Å². The number of nitrogens with zero attached hydrogens (tertiary/aromatic N) is 1. The third kappa shape index (κ3) is 3.03. The van der Waals surface area contributed by atoms with Gasteiger partial charge in [-0.05, 0) is 44.4 Å². The molecule has 2 atom stereocenters. The third-order valence-electron chi connectivity index (χ3n) is 3.25. The lowest BCUT2D eigenvalue weighted by Gasteiger charge is -2.27. The van der Waals surface area contributed by atoms with E-state index >= 15 is 0 Å². The Morgan fingerprint density at radius 1 is 1.59 bits per heavy atom. The zero-order valence-electron chi connectivity index (χ0n) is 10.4. The second-order valence-corrected chi connectivity index (χ2v) is 4.76. The highest BCUT2D eigenvalue weighted by Crippen LogP contribution is 2.17. The maximum atomic E-state index is 12.1. The van der Waals surface area contributed by atoms with E-state index in [4.69, 9.17) is 0 Å². The molecule has 1 aromatic heterocycles. The molecule has 0 radical (unpaired) electrons. The first-order chi connectivity index (χ1) is 8.16. The highest BCUT2D eigenvalue weighted by atomic mass is 16.2. The zero-order chi connectivity index (χ0) is 12.3. The zero-order valence-corrected chi connectivity index (χ0v) is 10.4. The van der Waals surface area contributed by atoms with Crippen molar-refractivity contribution in [1.82, 2.24) is 10.3 Å². The molecule has 4 nitrogen and oxygen atoms in total.